The average Bonchev–Trinajstić information content (AvgIpc) is 3.36. The van der Waals surface area contributed by atoms with Gasteiger partial charge in [-0.05, 0) is 55.8 Å². The van der Waals surface area contributed by atoms with E-state index in [0.717, 1.165) is 17.3 Å². The van der Waals surface area contributed by atoms with Gasteiger partial charge in [0, 0.05) is 13.2 Å². The van der Waals surface area contributed by atoms with Crippen molar-refractivity contribution in [1.29, 1.82) is 0 Å². The Morgan fingerprint density at radius 1 is 0.902 bits per heavy atom. The van der Waals surface area contributed by atoms with Crippen molar-refractivity contribution in [2.45, 2.75) is 13.8 Å². The predicted octanol–water partition coefficient (Wildman–Crippen LogP) is 5.00. The van der Waals surface area contributed by atoms with Crippen LogP contribution in [0.25, 0.3) is 17.4 Å². The van der Waals surface area contributed by atoms with Crippen molar-refractivity contribution >= 4 is 51.6 Å². The molecule has 1 aliphatic rings. The Bertz CT molecular complexity index is 2010. The Morgan fingerprint density at radius 2 is 1.59 bits per heavy atom. The third-order valence-corrected chi connectivity index (χ3v) is 8.13. The number of anilines is 1. The maximum absolute atomic E-state index is 13.8. The Morgan fingerprint density at radius 3 is 2.29 bits per heavy atom. The lowest BCUT2D eigenvalue weighted by atomic mass is 10.2. The van der Waals surface area contributed by atoms with Gasteiger partial charge >= 0.3 is 0 Å². The van der Waals surface area contributed by atoms with Gasteiger partial charge in [0.25, 0.3) is 17.0 Å². The number of fused-ring (bicyclic) bond motifs is 1. The van der Waals surface area contributed by atoms with Crippen LogP contribution in [0.4, 0.5) is 5.69 Å². The predicted molar refractivity (Wildman–Crippen MR) is 164 cm³/mol. The second kappa shape index (κ2) is 10.3. The van der Waals surface area contributed by atoms with Crippen LogP contribution in [0.15, 0.2) is 93.5 Å². The van der Waals surface area contributed by atoms with Crippen LogP contribution in [-0.2, 0) is 11.8 Å². The summed E-state index contributed by atoms with van der Waals surface area (Å²) < 4.78 is 10.8. The molecular weight excluding hydrogens is 558 g/mol. The molecule has 204 valence electrons. The van der Waals surface area contributed by atoms with E-state index in [4.69, 9.17) is 17.0 Å². The first-order chi connectivity index (χ1) is 19.8. The minimum atomic E-state index is -0.509. The molecule has 3 aromatic heterocycles. The fraction of sp³-hybridized carbons (Fsp3) is 0.100. The van der Waals surface area contributed by atoms with Crippen LogP contribution in [-0.4, -0.2) is 29.0 Å². The van der Waals surface area contributed by atoms with Gasteiger partial charge in [-0.1, -0.05) is 66.4 Å². The Kier molecular flexibility index (Phi) is 6.68. The smallest absolute Gasteiger partial charge is 0.296 e. The minimum absolute atomic E-state index is 0.0584. The number of nitrogens with zero attached hydrogens (tertiary/aromatic N) is 5. The fourth-order valence-corrected chi connectivity index (χ4v) is 5.95. The molecule has 0 unspecified atom stereocenters. The third kappa shape index (κ3) is 4.48. The first kappa shape index (κ1) is 26.5. The van der Waals surface area contributed by atoms with E-state index in [1.807, 2.05) is 61.5 Å². The third-order valence-electron chi connectivity index (χ3n) is 6.82. The van der Waals surface area contributed by atoms with Crippen LogP contribution in [0, 0.1) is 13.8 Å². The number of pyridine rings is 1. The van der Waals surface area contributed by atoms with Crippen molar-refractivity contribution in [1.82, 2.24) is 18.7 Å². The van der Waals surface area contributed by atoms with E-state index >= 15 is 0 Å². The Labute approximate surface area is 243 Å². The molecule has 5 aromatic rings. The van der Waals surface area contributed by atoms with Crippen molar-refractivity contribution in [3.05, 3.63) is 121 Å². The highest BCUT2D eigenvalue weighted by Gasteiger charge is 2.38. The number of benzene rings is 2. The standard InChI is InChI=1S/C30H23N5O4S2/c1-18-11-10-16-33-25(18)31-26(39-21-14-8-5-9-15-21)22(27(33)36)17-23-28(37)34(30(40)41-23)24-19(2)32(3)35(29(24)38)20-12-6-4-7-13-20/h4-17H,1-3H3/b23-17-. The first-order valence-electron chi connectivity index (χ1n) is 12.6. The average molecular weight is 582 g/mol. The molecule has 9 nitrogen and oxygen atoms in total. The highest BCUT2D eigenvalue weighted by atomic mass is 32.2. The summed E-state index contributed by atoms with van der Waals surface area (Å²) in [5.41, 5.74) is 1.90. The molecule has 0 spiro atoms. The molecule has 0 aliphatic carbocycles. The summed E-state index contributed by atoms with van der Waals surface area (Å²) in [6.07, 6.45) is 3.06. The lowest BCUT2D eigenvalue weighted by Gasteiger charge is -2.13. The topological polar surface area (TPSA) is 90.8 Å². The van der Waals surface area contributed by atoms with Crippen molar-refractivity contribution in [3.8, 4) is 17.3 Å². The number of ether oxygens (including phenoxy) is 1. The van der Waals surface area contributed by atoms with Gasteiger partial charge in [-0.25, -0.2) is 4.68 Å². The molecule has 4 heterocycles. The normalized spacial score (nSPS) is 14.4. The van der Waals surface area contributed by atoms with Crippen molar-refractivity contribution in [2.24, 2.45) is 7.05 Å². The molecule has 41 heavy (non-hydrogen) atoms. The number of aromatic nitrogens is 4. The number of carbonyl (C=O) groups is 1. The number of thioether (sulfide) groups is 1. The monoisotopic (exact) mass is 581 g/mol. The Hall–Kier alpha value is -4.74. The highest BCUT2D eigenvalue weighted by molar-refractivity contribution is 8.27. The summed E-state index contributed by atoms with van der Waals surface area (Å²) in [6.45, 7) is 3.61. The molecule has 0 bridgehead atoms. The number of amides is 1. The minimum Gasteiger partial charge on any atom is -0.438 e. The second-order valence-electron chi connectivity index (χ2n) is 9.36. The molecule has 1 aliphatic heterocycles. The SMILES string of the molecule is Cc1cccn2c(=O)c(/C=C3\SC(=S)N(c4c(C)n(C)n(-c5ccccc5)c4=O)C3=O)c(Oc3ccccc3)nc12. The van der Waals surface area contributed by atoms with Crippen LogP contribution >= 0.6 is 24.0 Å². The summed E-state index contributed by atoms with van der Waals surface area (Å²) in [5, 5.41) is 0. The van der Waals surface area contributed by atoms with E-state index in [-0.39, 0.29) is 31.9 Å². The van der Waals surface area contributed by atoms with E-state index in [0.29, 0.717) is 22.8 Å². The quantitative estimate of drug-likeness (QED) is 0.213. The van der Waals surface area contributed by atoms with Crippen LogP contribution in [0.1, 0.15) is 16.8 Å². The fourth-order valence-electron chi connectivity index (χ4n) is 4.70. The number of rotatable bonds is 5. The van der Waals surface area contributed by atoms with E-state index in [2.05, 4.69) is 4.98 Å². The van der Waals surface area contributed by atoms with Crippen LogP contribution in [0.5, 0.6) is 11.6 Å². The molecule has 6 rings (SSSR count). The molecule has 1 fully saturated rings. The molecule has 0 atom stereocenters. The number of carbonyl (C=O) groups excluding carboxylic acids is 1. The maximum atomic E-state index is 13.8. The summed E-state index contributed by atoms with van der Waals surface area (Å²) >= 11 is 6.60. The summed E-state index contributed by atoms with van der Waals surface area (Å²) in [6, 6.07) is 21.7. The van der Waals surface area contributed by atoms with Crippen LogP contribution in [0.3, 0.4) is 0 Å². The summed E-state index contributed by atoms with van der Waals surface area (Å²) in [4.78, 5) is 47.2. The second-order valence-corrected chi connectivity index (χ2v) is 11.0. The van der Waals surface area contributed by atoms with Gasteiger partial charge in [-0.15, -0.1) is 0 Å². The molecule has 0 saturated carbocycles. The number of aryl methyl sites for hydroxylation is 1. The Balaban J connectivity index is 1.48. The number of hydrogen-bond donors (Lipinski definition) is 0. The van der Waals surface area contributed by atoms with Gasteiger partial charge in [-0.2, -0.15) is 4.98 Å². The largest absolute Gasteiger partial charge is 0.438 e. The zero-order chi connectivity index (χ0) is 28.8. The lowest BCUT2D eigenvalue weighted by Crippen LogP contribution is -2.33. The van der Waals surface area contributed by atoms with E-state index in [1.54, 1.807) is 43.0 Å². The number of thiocarbonyl (C=S) groups is 1. The molecule has 1 saturated heterocycles. The lowest BCUT2D eigenvalue weighted by molar-refractivity contribution is -0.113. The zero-order valence-electron chi connectivity index (χ0n) is 22.3. The van der Waals surface area contributed by atoms with Crippen molar-refractivity contribution in [3.63, 3.8) is 0 Å². The number of hydrogen-bond acceptors (Lipinski definition) is 7. The van der Waals surface area contributed by atoms with E-state index in [1.165, 1.54) is 20.1 Å². The molecule has 11 heteroatoms. The van der Waals surface area contributed by atoms with Gasteiger partial charge in [0.2, 0.25) is 5.88 Å². The van der Waals surface area contributed by atoms with Gasteiger partial charge in [-0.3, -0.25) is 28.4 Å². The van der Waals surface area contributed by atoms with Crippen LogP contribution < -0.4 is 20.8 Å². The number of para-hydroxylation sites is 2. The summed E-state index contributed by atoms with van der Waals surface area (Å²) in [7, 11) is 1.75. The van der Waals surface area contributed by atoms with Gasteiger partial charge in [0.05, 0.1) is 16.3 Å². The maximum Gasteiger partial charge on any atom is 0.296 e. The van der Waals surface area contributed by atoms with Crippen molar-refractivity contribution in [2.75, 3.05) is 4.90 Å². The molecule has 0 N–H and O–H groups in total. The van der Waals surface area contributed by atoms with Gasteiger partial charge in [0.15, 0.2) is 4.32 Å². The molecule has 1 amide bonds. The first-order valence-corrected chi connectivity index (χ1v) is 13.9. The van der Waals surface area contributed by atoms with Gasteiger partial charge < -0.3 is 4.74 Å². The van der Waals surface area contributed by atoms with Crippen molar-refractivity contribution < 1.29 is 9.53 Å². The zero-order valence-corrected chi connectivity index (χ0v) is 23.9. The molecule has 0 radical (unpaired) electrons. The van der Waals surface area contributed by atoms with E-state index < -0.39 is 11.5 Å². The molecule has 2 aromatic carbocycles. The highest BCUT2D eigenvalue weighted by Crippen LogP contribution is 2.37. The molecular formula is C30H23N5O4S2. The van der Waals surface area contributed by atoms with E-state index in [9.17, 15) is 14.4 Å². The van der Waals surface area contributed by atoms with Crippen LogP contribution in [0.2, 0.25) is 0 Å². The summed E-state index contributed by atoms with van der Waals surface area (Å²) in [5.74, 6) is 0.0365. The van der Waals surface area contributed by atoms with Gasteiger partial charge in [0.1, 0.15) is 22.6 Å².